The van der Waals surface area contributed by atoms with Crippen LogP contribution >= 0.6 is 0 Å². The molecule has 0 spiro atoms. The monoisotopic (exact) mass is 201 g/mol. The summed E-state index contributed by atoms with van der Waals surface area (Å²) in [5, 5.41) is 3.03. The Morgan fingerprint density at radius 3 is 2.40 bits per heavy atom. The number of aryl methyl sites for hydroxylation is 1. The molecule has 1 N–H and O–H groups in total. The molecule has 78 valence electrons. The first-order chi connectivity index (χ1) is 7.24. The number of piperidine rings is 1. The highest BCUT2D eigenvalue weighted by Crippen LogP contribution is 2.43. The largest absolute Gasteiger partial charge is 0.353 e. The molecule has 1 aromatic carbocycles. The molecule has 2 nitrogen and oxygen atoms in total. The molecule has 15 heavy (non-hydrogen) atoms. The van der Waals surface area contributed by atoms with Crippen LogP contribution in [0.5, 0.6) is 0 Å². The van der Waals surface area contributed by atoms with Crippen molar-refractivity contribution in [3.8, 4) is 0 Å². The van der Waals surface area contributed by atoms with Crippen molar-refractivity contribution in [2.75, 3.05) is 0 Å². The van der Waals surface area contributed by atoms with E-state index in [2.05, 4.69) is 36.5 Å². The van der Waals surface area contributed by atoms with Gasteiger partial charge in [-0.1, -0.05) is 29.8 Å². The highest BCUT2D eigenvalue weighted by atomic mass is 16.2. The van der Waals surface area contributed by atoms with E-state index < -0.39 is 0 Å². The standard InChI is InChI=1S/C13H15NO/c1-8-2-4-9(5-3-8)11-6-10-7-12(11)13(15)14-10/h2-5,10-12H,6-7H2,1H3,(H,14,15). The van der Waals surface area contributed by atoms with E-state index in [-0.39, 0.29) is 11.8 Å². The second-order valence-corrected chi connectivity index (χ2v) is 4.80. The maximum Gasteiger partial charge on any atom is 0.224 e. The maximum absolute atomic E-state index is 11.6. The van der Waals surface area contributed by atoms with Crippen LogP contribution in [-0.2, 0) is 4.79 Å². The van der Waals surface area contributed by atoms with E-state index in [1.807, 2.05) is 0 Å². The average molecular weight is 201 g/mol. The van der Waals surface area contributed by atoms with Crippen molar-refractivity contribution in [2.45, 2.75) is 31.7 Å². The number of carbonyl (C=O) groups is 1. The number of hydrogen-bond acceptors (Lipinski definition) is 1. The molecule has 3 atom stereocenters. The van der Waals surface area contributed by atoms with Crippen molar-refractivity contribution in [3.05, 3.63) is 35.4 Å². The summed E-state index contributed by atoms with van der Waals surface area (Å²) in [7, 11) is 0. The molecule has 2 heteroatoms. The average Bonchev–Trinajstić information content (AvgIpc) is 2.77. The van der Waals surface area contributed by atoms with Crippen molar-refractivity contribution in [2.24, 2.45) is 5.92 Å². The molecule has 2 bridgehead atoms. The Bertz CT molecular complexity index is 396. The Hall–Kier alpha value is -1.31. The Kier molecular flexibility index (Phi) is 1.84. The summed E-state index contributed by atoms with van der Waals surface area (Å²) in [6.07, 6.45) is 2.16. The van der Waals surface area contributed by atoms with Crippen LogP contribution in [0.2, 0.25) is 0 Å². The number of carbonyl (C=O) groups excluding carboxylic acids is 1. The van der Waals surface area contributed by atoms with Gasteiger partial charge >= 0.3 is 0 Å². The van der Waals surface area contributed by atoms with Crippen molar-refractivity contribution in [1.29, 1.82) is 0 Å². The molecule has 1 saturated heterocycles. The van der Waals surface area contributed by atoms with Gasteiger partial charge in [0.2, 0.25) is 5.91 Å². The molecule has 1 aliphatic carbocycles. The minimum Gasteiger partial charge on any atom is -0.353 e. The van der Waals surface area contributed by atoms with E-state index in [0.717, 1.165) is 12.8 Å². The van der Waals surface area contributed by atoms with Crippen LogP contribution in [0.1, 0.15) is 29.9 Å². The third kappa shape index (κ3) is 1.36. The number of rotatable bonds is 1. The van der Waals surface area contributed by atoms with Crippen LogP contribution in [-0.4, -0.2) is 11.9 Å². The predicted molar refractivity (Wildman–Crippen MR) is 58.6 cm³/mol. The SMILES string of the molecule is Cc1ccc(C2CC3CC2C(=O)N3)cc1. The fourth-order valence-electron chi connectivity index (χ4n) is 2.94. The van der Waals surface area contributed by atoms with Gasteiger partial charge in [0.25, 0.3) is 0 Å². The molecule has 2 aliphatic rings. The van der Waals surface area contributed by atoms with Gasteiger partial charge in [-0.3, -0.25) is 4.79 Å². The zero-order valence-electron chi connectivity index (χ0n) is 8.86. The van der Waals surface area contributed by atoms with Gasteiger partial charge in [0, 0.05) is 12.0 Å². The Balaban J connectivity index is 1.90. The molecule has 1 heterocycles. The van der Waals surface area contributed by atoms with Crippen LogP contribution < -0.4 is 5.32 Å². The quantitative estimate of drug-likeness (QED) is 0.739. The van der Waals surface area contributed by atoms with Crippen LogP contribution in [0.25, 0.3) is 0 Å². The van der Waals surface area contributed by atoms with Gasteiger partial charge < -0.3 is 5.32 Å². The predicted octanol–water partition coefficient (Wildman–Crippen LogP) is 1.99. The molecule has 0 aromatic heterocycles. The second kappa shape index (κ2) is 3.09. The van der Waals surface area contributed by atoms with Gasteiger partial charge in [0.05, 0.1) is 0 Å². The third-order valence-electron chi connectivity index (χ3n) is 3.75. The van der Waals surface area contributed by atoms with Crippen molar-refractivity contribution in [1.82, 2.24) is 5.32 Å². The minimum absolute atomic E-state index is 0.234. The molecule has 1 aliphatic heterocycles. The topological polar surface area (TPSA) is 29.1 Å². The number of fused-ring (bicyclic) bond motifs is 2. The molecule has 1 aromatic rings. The lowest BCUT2D eigenvalue weighted by Gasteiger charge is -2.22. The fraction of sp³-hybridized carbons (Fsp3) is 0.462. The summed E-state index contributed by atoms with van der Waals surface area (Å²) in [6.45, 7) is 2.09. The molecule has 3 rings (SSSR count). The number of amides is 1. The lowest BCUT2D eigenvalue weighted by Crippen LogP contribution is -2.34. The van der Waals surface area contributed by atoms with E-state index >= 15 is 0 Å². The van der Waals surface area contributed by atoms with Gasteiger partial charge in [0.1, 0.15) is 0 Å². The fourth-order valence-corrected chi connectivity index (χ4v) is 2.94. The number of hydrogen-bond donors (Lipinski definition) is 1. The van der Waals surface area contributed by atoms with Crippen molar-refractivity contribution in [3.63, 3.8) is 0 Å². The summed E-state index contributed by atoms with van der Waals surface area (Å²) in [4.78, 5) is 11.6. The summed E-state index contributed by atoms with van der Waals surface area (Å²) < 4.78 is 0. The van der Waals surface area contributed by atoms with Crippen LogP contribution in [0.3, 0.4) is 0 Å². The van der Waals surface area contributed by atoms with Gasteiger partial charge in [-0.2, -0.15) is 0 Å². The van der Waals surface area contributed by atoms with E-state index in [1.54, 1.807) is 0 Å². The van der Waals surface area contributed by atoms with Gasteiger partial charge in [-0.15, -0.1) is 0 Å². The normalized spacial score (nSPS) is 33.1. The summed E-state index contributed by atoms with van der Waals surface area (Å²) in [5.41, 5.74) is 2.62. The van der Waals surface area contributed by atoms with Gasteiger partial charge in [-0.05, 0) is 31.2 Å². The van der Waals surface area contributed by atoms with E-state index in [0.29, 0.717) is 12.0 Å². The minimum atomic E-state index is 0.234. The Morgan fingerprint density at radius 2 is 1.80 bits per heavy atom. The molecule has 2 fully saturated rings. The second-order valence-electron chi connectivity index (χ2n) is 4.80. The Labute approximate surface area is 89.7 Å². The molecule has 0 radical (unpaired) electrons. The van der Waals surface area contributed by atoms with Gasteiger partial charge in [0.15, 0.2) is 0 Å². The lowest BCUT2D eigenvalue weighted by atomic mass is 9.87. The zero-order chi connectivity index (χ0) is 10.4. The molecule has 1 amide bonds. The summed E-state index contributed by atoms with van der Waals surface area (Å²) >= 11 is 0. The third-order valence-corrected chi connectivity index (χ3v) is 3.75. The summed E-state index contributed by atoms with van der Waals surface area (Å²) in [5.74, 6) is 0.957. The number of nitrogens with one attached hydrogen (secondary N) is 1. The molecule has 3 unspecified atom stereocenters. The Morgan fingerprint density at radius 1 is 1.13 bits per heavy atom. The highest BCUT2D eigenvalue weighted by molar-refractivity contribution is 5.83. The first-order valence-corrected chi connectivity index (χ1v) is 5.61. The first-order valence-electron chi connectivity index (χ1n) is 5.61. The molecular weight excluding hydrogens is 186 g/mol. The van der Waals surface area contributed by atoms with E-state index in [4.69, 9.17) is 0 Å². The molecular formula is C13H15NO. The van der Waals surface area contributed by atoms with E-state index in [9.17, 15) is 4.79 Å². The number of benzene rings is 1. The zero-order valence-corrected chi connectivity index (χ0v) is 8.86. The van der Waals surface area contributed by atoms with Crippen LogP contribution in [0.15, 0.2) is 24.3 Å². The molecule has 1 saturated carbocycles. The van der Waals surface area contributed by atoms with Crippen molar-refractivity contribution >= 4 is 5.91 Å². The summed E-state index contributed by atoms with van der Waals surface area (Å²) in [6, 6.07) is 9.06. The highest BCUT2D eigenvalue weighted by Gasteiger charge is 2.45. The first kappa shape index (κ1) is 8.96. The smallest absolute Gasteiger partial charge is 0.224 e. The lowest BCUT2D eigenvalue weighted by molar-refractivity contribution is -0.124. The van der Waals surface area contributed by atoms with Crippen LogP contribution in [0, 0.1) is 12.8 Å². The van der Waals surface area contributed by atoms with E-state index in [1.165, 1.54) is 11.1 Å². The maximum atomic E-state index is 11.6. The van der Waals surface area contributed by atoms with Crippen molar-refractivity contribution < 1.29 is 4.79 Å². The van der Waals surface area contributed by atoms with Gasteiger partial charge in [-0.25, -0.2) is 0 Å². The van der Waals surface area contributed by atoms with Crippen LogP contribution in [0.4, 0.5) is 0 Å².